The summed E-state index contributed by atoms with van der Waals surface area (Å²) in [6, 6.07) is 4.94. The van der Waals surface area contributed by atoms with Gasteiger partial charge in [0.05, 0.1) is 11.7 Å². The first kappa shape index (κ1) is 24.9. The Morgan fingerprint density at radius 2 is 2.03 bits per heavy atom. The minimum Gasteiger partial charge on any atom is -0.482 e. The fourth-order valence-electron chi connectivity index (χ4n) is 5.11. The minimum absolute atomic E-state index is 0.0398. The molecule has 2 aromatic rings. The first-order valence-electron chi connectivity index (χ1n) is 11.4. The zero-order valence-electron chi connectivity index (χ0n) is 20.0. The molecular formula is C25H29NO9. The van der Waals surface area contributed by atoms with E-state index in [1.165, 1.54) is 33.0 Å². The number of pyridine rings is 1. The topological polar surface area (TPSA) is 145 Å². The van der Waals surface area contributed by atoms with Gasteiger partial charge in [0.1, 0.15) is 35.4 Å². The molecule has 0 saturated heterocycles. The molecule has 0 aromatic carbocycles. The predicted octanol–water partition coefficient (Wildman–Crippen LogP) is 2.16. The van der Waals surface area contributed by atoms with E-state index < -0.39 is 52.8 Å². The van der Waals surface area contributed by atoms with Crippen molar-refractivity contribution in [2.75, 3.05) is 6.61 Å². The lowest BCUT2D eigenvalue weighted by Crippen LogP contribution is -2.63. The Bertz CT molecular complexity index is 1180. The number of hydrogen-bond donors (Lipinski definition) is 2. The van der Waals surface area contributed by atoms with Gasteiger partial charge in [-0.1, -0.05) is 0 Å². The fourth-order valence-corrected chi connectivity index (χ4v) is 5.11. The molecular weight excluding hydrogens is 458 g/mol. The lowest BCUT2D eigenvalue weighted by molar-refractivity contribution is -0.208. The molecule has 1 aliphatic carbocycles. The highest BCUT2D eigenvalue weighted by Gasteiger charge is 2.59. The van der Waals surface area contributed by atoms with Crippen molar-refractivity contribution in [3.63, 3.8) is 0 Å². The molecule has 3 heterocycles. The van der Waals surface area contributed by atoms with E-state index in [0.29, 0.717) is 5.56 Å². The maximum Gasteiger partial charge on any atom is 0.345 e. The highest BCUT2D eigenvalue weighted by molar-refractivity contribution is 5.66. The van der Waals surface area contributed by atoms with Gasteiger partial charge in [0.2, 0.25) is 0 Å². The number of rotatable bonds is 5. The van der Waals surface area contributed by atoms with E-state index in [-0.39, 0.29) is 36.5 Å². The van der Waals surface area contributed by atoms with Gasteiger partial charge in [-0.2, -0.15) is 0 Å². The van der Waals surface area contributed by atoms with E-state index >= 15 is 0 Å². The minimum atomic E-state index is -1.47. The molecule has 0 amide bonds. The molecule has 2 unspecified atom stereocenters. The predicted molar refractivity (Wildman–Crippen MR) is 121 cm³/mol. The quantitative estimate of drug-likeness (QED) is 0.602. The van der Waals surface area contributed by atoms with Gasteiger partial charge < -0.3 is 28.8 Å². The number of esters is 2. The fraction of sp³-hybridized carbons (Fsp3) is 0.520. The van der Waals surface area contributed by atoms with Crippen molar-refractivity contribution < 1.29 is 38.4 Å². The highest BCUT2D eigenvalue weighted by Crippen LogP contribution is 2.53. The molecule has 10 heteroatoms. The molecule has 35 heavy (non-hydrogen) atoms. The second kappa shape index (κ2) is 9.09. The number of nitrogens with zero attached hydrogens (tertiary/aromatic N) is 1. The number of ether oxygens (including phenoxy) is 3. The lowest BCUT2D eigenvalue weighted by atomic mass is 9.62. The number of carbonyl (C=O) groups excluding carboxylic acids is 2. The Morgan fingerprint density at radius 3 is 2.66 bits per heavy atom. The van der Waals surface area contributed by atoms with Crippen LogP contribution in [-0.2, 0) is 19.1 Å². The molecule has 0 spiro atoms. The number of carbonyl (C=O) groups is 2. The number of fused-ring (bicyclic) bond motifs is 2. The number of aliphatic hydroxyl groups is 2. The van der Waals surface area contributed by atoms with E-state index in [2.05, 4.69) is 4.98 Å². The first-order chi connectivity index (χ1) is 16.4. The van der Waals surface area contributed by atoms with Crippen molar-refractivity contribution in [3.05, 3.63) is 46.6 Å². The normalized spacial score (nSPS) is 29.1. The van der Waals surface area contributed by atoms with Crippen LogP contribution in [0.5, 0.6) is 5.75 Å². The third-order valence-corrected chi connectivity index (χ3v) is 7.07. The molecule has 10 nitrogen and oxygen atoms in total. The number of aromatic nitrogens is 1. The summed E-state index contributed by atoms with van der Waals surface area (Å²) in [5.74, 6) is -2.01. The van der Waals surface area contributed by atoms with Crippen LogP contribution in [0, 0.1) is 11.8 Å². The molecule has 0 radical (unpaired) electrons. The summed E-state index contributed by atoms with van der Waals surface area (Å²) in [5.41, 5.74) is -2.91. The van der Waals surface area contributed by atoms with Crippen molar-refractivity contribution in [3.8, 4) is 17.1 Å². The second-order valence-electron chi connectivity index (χ2n) is 9.66. The molecule has 6 atom stereocenters. The van der Waals surface area contributed by atoms with Crippen LogP contribution in [0.1, 0.15) is 52.2 Å². The molecule has 4 rings (SSSR count). The van der Waals surface area contributed by atoms with Crippen LogP contribution in [-0.4, -0.2) is 51.0 Å². The van der Waals surface area contributed by atoms with Crippen LogP contribution >= 0.6 is 0 Å². The summed E-state index contributed by atoms with van der Waals surface area (Å²) >= 11 is 0. The maximum atomic E-state index is 12.9. The molecule has 2 aliphatic rings. The molecule has 1 fully saturated rings. The zero-order valence-corrected chi connectivity index (χ0v) is 20.0. The summed E-state index contributed by atoms with van der Waals surface area (Å²) in [7, 11) is 0. The molecule has 2 N–H and O–H groups in total. The largest absolute Gasteiger partial charge is 0.482 e. The summed E-state index contributed by atoms with van der Waals surface area (Å²) in [6.45, 7) is 5.47. The highest BCUT2D eigenvalue weighted by atomic mass is 16.6. The lowest BCUT2D eigenvalue weighted by Gasteiger charge is -2.54. The van der Waals surface area contributed by atoms with E-state index in [1.807, 2.05) is 0 Å². The van der Waals surface area contributed by atoms with E-state index in [9.17, 15) is 24.6 Å². The van der Waals surface area contributed by atoms with Gasteiger partial charge in [0, 0.05) is 43.8 Å². The van der Waals surface area contributed by atoms with E-state index in [4.69, 9.17) is 18.6 Å². The van der Waals surface area contributed by atoms with Crippen molar-refractivity contribution in [2.45, 2.75) is 63.9 Å². The van der Waals surface area contributed by atoms with Crippen LogP contribution in [0.3, 0.4) is 0 Å². The number of hydrogen-bond acceptors (Lipinski definition) is 10. The molecule has 0 bridgehead atoms. The van der Waals surface area contributed by atoms with Crippen LogP contribution in [0.2, 0.25) is 0 Å². The van der Waals surface area contributed by atoms with Gasteiger partial charge in [-0.3, -0.25) is 14.6 Å². The molecule has 1 saturated carbocycles. The maximum absolute atomic E-state index is 12.9. The van der Waals surface area contributed by atoms with Crippen molar-refractivity contribution in [1.29, 1.82) is 0 Å². The Hall–Kier alpha value is -3.24. The van der Waals surface area contributed by atoms with Crippen molar-refractivity contribution in [1.82, 2.24) is 4.98 Å². The average Bonchev–Trinajstić information content (AvgIpc) is 2.78. The summed E-state index contributed by atoms with van der Waals surface area (Å²) in [6.07, 6.45) is 1.36. The standard InChI is InChI=1S/C25H29NO9/c1-13(27)32-12-24(3,31)16-8-17-22(29)21-19(35-25(17,4)20(9-16)33-14(2)28)10-18(34-23(21)30)15-6-5-7-26-11-15/h5-7,10-11,16-17,20,22,29,31H,8-9,12H2,1-4H3/t16?,17-,20-,22-,24?,25-/m1/s1. The van der Waals surface area contributed by atoms with Crippen LogP contribution in [0.25, 0.3) is 11.3 Å². The van der Waals surface area contributed by atoms with E-state index in [1.54, 1.807) is 25.3 Å². The Morgan fingerprint density at radius 1 is 1.29 bits per heavy atom. The molecule has 2 aromatic heterocycles. The van der Waals surface area contributed by atoms with E-state index in [0.717, 1.165) is 0 Å². The second-order valence-corrected chi connectivity index (χ2v) is 9.66. The van der Waals surface area contributed by atoms with Gasteiger partial charge in [-0.05, 0) is 44.7 Å². The van der Waals surface area contributed by atoms with Crippen molar-refractivity contribution >= 4 is 11.9 Å². The third kappa shape index (κ3) is 4.68. The summed E-state index contributed by atoms with van der Waals surface area (Å²) in [5, 5.41) is 22.4. The van der Waals surface area contributed by atoms with Gasteiger partial charge in [0.25, 0.3) is 0 Å². The van der Waals surface area contributed by atoms with Gasteiger partial charge in [0.15, 0.2) is 0 Å². The van der Waals surface area contributed by atoms with Gasteiger partial charge >= 0.3 is 17.6 Å². The monoisotopic (exact) mass is 487 g/mol. The Labute approximate surface area is 201 Å². The summed E-state index contributed by atoms with van der Waals surface area (Å²) in [4.78, 5) is 40.3. The number of aliphatic hydroxyl groups excluding tert-OH is 1. The van der Waals surface area contributed by atoms with Crippen LogP contribution < -0.4 is 10.4 Å². The smallest absolute Gasteiger partial charge is 0.345 e. The van der Waals surface area contributed by atoms with Gasteiger partial charge in [-0.15, -0.1) is 0 Å². The van der Waals surface area contributed by atoms with Crippen LogP contribution in [0.4, 0.5) is 0 Å². The summed E-state index contributed by atoms with van der Waals surface area (Å²) < 4.78 is 22.4. The third-order valence-electron chi connectivity index (χ3n) is 7.07. The molecule has 188 valence electrons. The Balaban J connectivity index is 1.75. The zero-order chi connectivity index (χ0) is 25.5. The van der Waals surface area contributed by atoms with Gasteiger partial charge in [-0.25, -0.2) is 4.79 Å². The van der Waals surface area contributed by atoms with Crippen molar-refractivity contribution in [2.24, 2.45) is 11.8 Å². The molecule has 1 aliphatic heterocycles. The average molecular weight is 488 g/mol. The Kier molecular flexibility index (Phi) is 6.46. The van der Waals surface area contributed by atoms with Crippen LogP contribution in [0.15, 0.2) is 39.8 Å². The first-order valence-corrected chi connectivity index (χ1v) is 11.4. The SMILES string of the molecule is CC(=O)OCC(C)(O)C1C[C@@H]2[C@@H](O)c3c(cc(-c4cccnc4)oc3=O)O[C@@]2(C)[C@H](OC(C)=O)C1.